The van der Waals surface area contributed by atoms with Gasteiger partial charge in [-0.1, -0.05) is 6.08 Å². The standard InChI is InChI=1S/C27H30FN5O/c1-4-22(23-13-21(28)6-7-24(23)31-3)19-9-17-11-20(12-18(17)10-19)27(2,30)26(34)33-25-8-5-16(14-29)15-32-25/h4-8,13,15,17-20H,3,9-12,30H2,1-2H3,(H,32,33,34)/b22-4-/t17-,18+,19-,20+,27?. The molecule has 176 valence electrons. The van der Waals surface area contributed by atoms with Gasteiger partial charge < -0.3 is 11.1 Å². The number of carbonyl (C=O) groups excluding carboxylic acids is 1. The van der Waals surface area contributed by atoms with Crippen molar-refractivity contribution in [3.8, 4) is 6.07 Å². The largest absolute Gasteiger partial charge is 0.317 e. The fourth-order valence-corrected chi connectivity index (χ4v) is 5.82. The summed E-state index contributed by atoms with van der Waals surface area (Å²) in [6, 6.07) is 9.87. The molecular formula is C27H30FN5O. The van der Waals surface area contributed by atoms with E-state index in [2.05, 4.69) is 28.1 Å². The van der Waals surface area contributed by atoms with Crippen LogP contribution in [-0.2, 0) is 4.79 Å². The van der Waals surface area contributed by atoms with Crippen molar-refractivity contribution in [3.63, 3.8) is 0 Å². The van der Waals surface area contributed by atoms with Gasteiger partial charge in [0.25, 0.3) is 0 Å². The van der Waals surface area contributed by atoms with E-state index in [1.165, 1.54) is 12.3 Å². The number of pyridine rings is 1. The molecule has 0 aliphatic heterocycles. The molecular weight excluding hydrogens is 429 g/mol. The van der Waals surface area contributed by atoms with E-state index in [9.17, 15) is 9.18 Å². The number of amides is 1. The van der Waals surface area contributed by atoms with Crippen LogP contribution in [0, 0.1) is 40.8 Å². The molecule has 2 aliphatic rings. The van der Waals surface area contributed by atoms with Gasteiger partial charge >= 0.3 is 0 Å². The zero-order valence-corrected chi connectivity index (χ0v) is 19.6. The fourth-order valence-electron chi connectivity index (χ4n) is 5.82. The maximum atomic E-state index is 14.0. The number of rotatable bonds is 6. The molecule has 3 N–H and O–H groups in total. The van der Waals surface area contributed by atoms with Gasteiger partial charge in [0.1, 0.15) is 17.7 Å². The molecule has 6 nitrogen and oxygen atoms in total. The monoisotopic (exact) mass is 459 g/mol. The Kier molecular flexibility index (Phi) is 6.63. The lowest BCUT2D eigenvalue weighted by Gasteiger charge is -2.31. The lowest BCUT2D eigenvalue weighted by Crippen LogP contribution is -2.53. The zero-order chi connectivity index (χ0) is 24.5. The van der Waals surface area contributed by atoms with E-state index in [1.807, 2.05) is 13.0 Å². The zero-order valence-electron chi connectivity index (χ0n) is 19.6. The summed E-state index contributed by atoms with van der Waals surface area (Å²) in [5.41, 5.74) is 8.62. The number of carbonyl (C=O) groups is 1. The van der Waals surface area contributed by atoms with Gasteiger partial charge in [-0.2, -0.15) is 5.26 Å². The third-order valence-corrected chi connectivity index (χ3v) is 7.68. The highest BCUT2D eigenvalue weighted by atomic mass is 19.1. The summed E-state index contributed by atoms with van der Waals surface area (Å²) in [5.74, 6) is 1.19. The van der Waals surface area contributed by atoms with Crippen LogP contribution in [0.2, 0.25) is 0 Å². The molecule has 1 unspecified atom stereocenters. The number of nitriles is 1. The molecule has 1 amide bonds. The molecule has 0 spiro atoms. The number of anilines is 1. The van der Waals surface area contributed by atoms with E-state index < -0.39 is 5.54 Å². The minimum Gasteiger partial charge on any atom is -0.317 e. The Morgan fingerprint density at radius 2 is 2.00 bits per heavy atom. The molecule has 34 heavy (non-hydrogen) atoms. The van der Waals surface area contributed by atoms with Gasteiger partial charge in [-0.25, -0.2) is 9.37 Å². The number of nitrogens with zero attached hydrogens (tertiary/aromatic N) is 3. The van der Waals surface area contributed by atoms with E-state index in [0.717, 1.165) is 36.8 Å². The average Bonchev–Trinajstić information content (AvgIpc) is 3.40. The number of nitrogens with two attached hydrogens (primary N) is 1. The fraction of sp³-hybridized carbons (Fsp3) is 0.407. The number of aliphatic imine (C=N–C) groups is 1. The van der Waals surface area contributed by atoms with Crippen LogP contribution in [-0.4, -0.2) is 23.1 Å². The molecule has 2 aromatic rings. The summed E-state index contributed by atoms with van der Waals surface area (Å²) < 4.78 is 14.0. The molecule has 2 fully saturated rings. The third kappa shape index (κ3) is 4.51. The van der Waals surface area contributed by atoms with Crippen LogP contribution >= 0.6 is 0 Å². The molecule has 4 rings (SSSR count). The number of benzene rings is 1. The van der Waals surface area contributed by atoms with Crippen LogP contribution < -0.4 is 11.1 Å². The number of halogens is 1. The van der Waals surface area contributed by atoms with Crippen molar-refractivity contribution in [2.75, 3.05) is 5.32 Å². The Hall–Kier alpha value is -3.37. The number of hydrogen-bond acceptors (Lipinski definition) is 5. The molecule has 0 bridgehead atoms. The summed E-state index contributed by atoms with van der Waals surface area (Å²) in [6.45, 7) is 7.43. The Morgan fingerprint density at radius 1 is 1.29 bits per heavy atom. The SMILES string of the molecule is C=Nc1ccc(F)cc1/C(=C\C)[C@@H]1C[C@@H]2C[C@H](C(C)(N)C(=O)Nc3ccc(C#N)cn3)C[C@@H]2C1. The van der Waals surface area contributed by atoms with Crippen molar-refractivity contribution in [3.05, 3.63) is 59.5 Å². The highest BCUT2D eigenvalue weighted by Gasteiger charge is 2.49. The average molecular weight is 460 g/mol. The summed E-state index contributed by atoms with van der Waals surface area (Å²) in [6.07, 6.45) is 7.24. The molecule has 1 aromatic heterocycles. The highest BCUT2D eigenvalue weighted by molar-refractivity contribution is 5.97. The summed E-state index contributed by atoms with van der Waals surface area (Å²) in [4.78, 5) is 21.2. The second-order valence-electron chi connectivity index (χ2n) is 9.70. The Balaban J connectivity index is 1.42. The van der Waals surface area contributed by atoms with Crippen molar-refractivity contribution in [1.82, 2.24) is 4.98 Å². The quantitative estimate of drug-likeness (QED) is 0.577. The smallest absolute Gasteiger partial charge is 0.245 e. The van der Waals surface area contributed by atoms with Gasteiger partial charge in [-0.05, 0) is 106 Å². The van der Waals surface area contributed by atoms with E-state index in [4.69, 9.17) is 11.0 Å². The van der Waals surface area contributed by atoms with E-state index in [-0.39, 0.29) is 17.6 Å². The molecule has 1 heterocycles. The Morgan fingerprint density at radius 3 is 2.56 bits per heavy atom. The Labute approximate surface area is 199 Å². The van der Waals surface area contributed by atoms with Crippen LogP contribution in [0.4, 0.5) is 15.9 Å². The van der Waals surface area contributed by atoms with Gasteiger partial charge in [0.15, 0.2) is 0 Å². The minimum absolute atomic E-state index is 0.0652. The van der Waals surface area contributed by atoms with E-state index in [0.29, 0.717) is 34.8 Å². The third-order valence-electron chi connectivity index (χ3n) is 7.68. The van der Waals surface area contributed by atoms with Crippen LogP contribution in [0.1, 0.15) is 50.7 Å². The number of allylic oxidation sites excluding steroid dienone is 2. The summed E-state index contributed by atoms with van der Waals surface area (Å²) in [7, 11) is 0. The molecule has 0 saturated heterocycles. The first-order valence-corrected chi connectivity index (χ1v) is 11.7. The highest BCUT2D eigenvalue weighted by Crippen LogP contribution is 2.55. The first-order valence-electron chi connectivity index (χ1n) is 11.7. The van der Waals surface area contributed by atoms with Crippen LogP contribution in [0.3, 0.4) is 0 Å². The number of nitrogens with one attached hydrogen (secondary N) is 1. The van der Waals surface area contributed by atoms with Crippen molar-refractivity contribution in [2.45, 2.75) is 45.1 Å². The van der Waals surface area contributed by atoms with Crippen molar-refractivity contribution in [2.24, 2.45) is 34.4 Å². The maximum absolute atomic E-state index is 14.0. The minimum atomic E-state index is -1.03. The van der Waals surface area contributed by atoms with Crippen molar-refractivity contribution >= 4 is 29.7 Å². The van der Waals surface area contributed by atoms with Crippen molar-refractivity contribution in [1.29, 1.82) is 5.26 Å². The lowest BCUT2D eigenvalue weighted by molar-refractivity contribution is -0.122. The topological polar surface area (TPSA) is 104 Å². The molecule has 2 aliphatic carbocycles. The summed E-state index contributed by atoms with van der Waals surface area (Å²) >= 11 is 0. The normalized spacial score (nSPS) is 25.8. The second kappa shape index (κ2) is 9.47. The first kappa shape index (κ1) is 23.8. The maximum Gasteiger partial charge on any atom is 0.245 e. The molecule has 2 saturated carbocycles. The predicted molar refractivity (Wildman–Crippen MR) is 132 cm³/mol. The van der Waals surface area contributed by atoms with Gasteiger partial charge in [-0.3, -0.25) is 9.79 Å². The number of aromatic nitrogens is 1. The lowest BCUT2D eigenvalue weighted by atomic mass is 9.80. The first-order chi connectivity index (χ1) is 16.3. The van der Waals surface area contributed by atoms with Gasteiger partial charge in [0.05, 0.1) is 16.8 Å². The molecule has 5 atom stereocenters. The molecule has 7 heteroatoms. The van der Waals surface area contributed by atoms with Crippen molar-refractivity contribution < 1.29 is 9.18 Å². The van der Waals surface area contributed by atoms with Crippen LogP contribution in [0.25, 0.3) is 5.57 Å². The van der Waals surface area contributed by atoms with Gasteiger partial charge in [-0.15, -0.1) is 0 Å². The number of fused-ring (bicyclic) bond motifs is 1. The predicted octanol–water partition coefficient (Wildman–Crippen LogP) is 5.24. The van der Waals surface area contributed by atoms with Crippen LogP contribution in [0.5, 0.6) is 0 Å². The van der Waals surface area contributed by atoms with Gasteiger partial charge in [0.2, 0.25) is 5.91 Å². The number of hydrogen-bond donors (Lipinski definition) is 2. The van der Waals surface area contributed by atoms with E-state index in [1.54, 1.807) is 31.2 Å². The molecule has 0 radical (unpaired) electrons. The van der Waals surface area contributed by atoms with Crippen LogP contribution in [0.15, 0.2) is 47.6 Å². The second-order valence-corrected chi connectivity index (χ2v) is 9.70. The molecule has 1 aromatic carbocycles. The van der Waals surface area contributed by atoms with Gasteiger partial charge in [0, 0.05) is 11.8 Å². The Bertz CT molecular complexity index is 1150. The van der Waals surface area contributed by atoms with E-state index >= 15 is 0 Å². The summed E-state index contributed by atoms with van der Waals surface area (Å²) in [5, 5.41) is 11.7.